The molecule has 6 heteroatoms. The minimum Gasteiger partial charge on any atom is -0.350 e. The second-order valence-corrected chi connectivity index (χ2v) is 6.07. The Bertz CT molecular complexity index is 792. The average Bonchev–Trinajstić information content (AvgIpc) is 2.86. The van der Waals surface area contributed by atoms with Gasteiger partial charge in [0.25, 0.3) is 5.91 Å². The number of nitrogens with one attached hydrogen (secondary N) is 2. The van der Waals surface area contributed by atoms with Crippen molar-refractivity contribution in [3.8, 4) is 0 Å². The first-order valence-electron chi connectivity index (χ1n) is 8.01. The van der Waals surface area contributed by atoms with Crippen molar-refractivity contribution in [2.24, 2.45) is 0 Å². The molecule has 2 aromatic rings. The Morgan fingerprint density at radius 3 is 2.28 bits per heavy atom. The van der Waals surface area contributed by atoms with Crippen LogP contribution in [0, 0.1) is 0 Å². The van der Waals surface area contributed by atoms with Crippen molar-refractivity contribution in [3.05, 3.63) is 71.8 Å². The van der Waals surface area contributed by atoms with E-state index < -0.39 is 17.5 Å². The number of urea groups is 1. The molecule has 0 saturated carbocycles. The van der Waals surface area contributed by atoms with Gasteiger partial charge in [-0.15, -0.1) is 0 Å². The fourth-order valence-corrected chi connectivity index (χ4v) is 2.80. The van der Waals surface area contributed by atoms with Crippen molar-refractivity contribution in [1.82, 2.24) is 15.5 Å². The number of hydrogen-bond donors (Lipinski definition) is 2. The molecule has 1 aliphatic rings. The lowest BCUT2D eigenvalue weighted by atomic mass is 9.92. The van der Waals surface area contributed by atoms with Crippen molar-refractivity contribution >= 4 is 17.8 Å². The Morgan fingerprint density at radius 2 is 1.64 bits per heavy atom. The number of imide groups is 1. The maximum atomic E-state index is 12.7. The van der Waals surface area contributed by atoms with E-state index in [1.165, 1.54) is 0 Å². The third-order valence-electron chi connectivity index (χ3n) is 4.26. The summed E-state index contributed by atoms with van der Waals surface area (Å²) in [7, 11) is 0. The largest absolute Gasteiger partial charge is 0.350 e. The summed E-state index contributed by atoms with van der Waals surface area (Å²) in [6, 6.07) is 17.9. The third-order valence-corrected chi connectivity index (χ3v) is 4.26. The first-order valence-corrected chi connectivity index (χ1v) is 8.01. The fraction of sp³-hybridized carbons (Fsp3) is 0.211. The lowest BCUT2D eigenvalue weighted by Gasteiger charge is -2.22. The topological polar surface area (TPSA) is 78.5 Å². The van der Waals surface area contributed by atoms with Crippen LogP contribution in [0.4, 0.5) is 4.79 Å². The van der Waals surface area contributed by atoms with Crippen LogP contribution in [0.2, 0.25) is 0 Å². The lowest BCUT2D eigenvalue weighted by molar-refractivity contribution is -0.134. The predicted molar refractivity (Wildman–Crippen MR) is 92.3 cm³/mol. The second kappa shape index (κ2) is 6.76. The first-order chi connectivity index (χ1) is 12.0. The summed E-state index contributed by atoms with van der Waals surface area (Å²) in [6.45, 7) is 1.68. The Morgan fingerprint density at radius 1 is 1.04 bits per heavy atom. The van der Waals surface area contributed by atoms with E-state index in [1.54, 1.807) is 31.2 Å². The highest BCUT2D eigenvalue weighted by molar-refractivity contribution is 6.09. The zero-order valence-corrected chi connectivity index (χ0v) is 13.9. The van der Waals surface area contributed by atoms with Gasteiger partial charge in [-0.2, -0.15) is 0 Å². The van der Waals surface area contributed by atoms with E-state index in [2.05, 4.69) is 10.6 Å². The molecule has 2 N–H and O–H groups in total. The highest BCUT2D eigenvalue weighted by atomic mass is 16.2. The molecule has 1 aliphatic heterocycles. The lowest BCUT2D eigenvalue weighted by Crippen LogP contribution is -2.43. The van der Waals surface area contributed by atoms with Crippen LogP contribution in [0.15, 0.2) is 60.7 Å². The van der Waals surface area contributed by atoms with Crippen LogP contribution in [0.25, 0.3) is 0 Å². The number of rotatable bonds is 5. The average molecular weight is 337 g/mol. The van der Waals surface area contributed by atoms with E-state index in [9.17, 15) is 14.4 Å². The Labute approximate surface area is 145 Å². The SMILES string of the molecule is C[C@]1(c2ccccc2)NC(=O)N(CC(=O)NCc2ccccc2)C1=O. The zero-order valence-electron chi connectivity index (χ0n) is 13.9. The normalized spacial score (nSPS) is 19.6. The number of carbonyl (C=O) groups excluding carboxylic acids is 3. The van der Waals surface area contributed by atoms with E-state index in [1.807, 2.05) is 36.4 Å². The highest BCUT2D eigenvalue weighted by Crippen LogP contribution is 2.28. The predicted octanol–water partition coefficient (Wildman–Crippen LogP) is 1.77. The van der Waals surface area contributed by atoms with Gasteiger partial charge in [0.05, 0.1) is 0 Å². The van der Waals surface area contributed by atoms with Gasteiger partial charge in [0.15, 0.2) is 0 Å². The molecule has 6 nitrogen and oxygen atoms in total. The molecule has 0 radical (unpaired) electrons. The van der Waals surface area contributed by atoms with Crippen LogP contribution in [-0.4, -0.2) is 29.3 Å². The molecule has 0 aliphatic carbocycles. The van der Waals surface area contributed by atoms with E-state index >= 15 is 0 Å². The number of nitrogens with zero attached hydrogens (tertiary/aromatic N) is 1. The molecule has 1 heterocycles. The molecular weight excluding hydrogens is 318 g/mol. The molecule has 4 amide bonds. The molecule has 0 bridgehead atoms. The quantitative estimate of drug-likeness (QED) is 0.816. The molecule has 0 unspecified atom stereocenters. The van der Waals surface area contributed by atoms with Crippen molar-refractivity contribution in [2.75, 3.05) is 6.54 Å². The van der Waals surface area contributed by atoms with Crippen LogP contribution in [0.1, 0.15) is 18.1 Å². The van der Waals surface area contributed by atoms with Gasteiger partial charge in [0, 0.05) is 6.54 Å². The smallest absolute Gasteiger partial charge is 0.325 e. The van der Waals surface area contributed by atoms with Gasteiger partial charge in [-0.1, -0.05) is 60.7 Å². The number of carbonyl (C=O) groups is 3. The summed E-state index contributed by atoms with van der Waals surface area (Å²) in [5.74, 6) is -0.816. The van der Waals surface area contributed by atoms with Gasteiger partial charge >= 0.3 is 6.03 Å². The van der Waals surface area contributed by atoms with Crippen molar-refractivity contribution < 1.29 is 14.4 Å². The molecule has 1 atom stereocenters. The Balaban J connectivity index is 1.66. The van der Waals surface area contributed by atoms with Crippen LogP contribution in [0.5, 0.6) is 0 Å². The van der Waals surface area contributed by atoms with E-state index in [4.69, 9.17) is 0 Å². The fourth-order valence-electron chi connectivity index (χ4n) is 2.80. The van der Waals surface area contributed by atoms with E-state index in [0.29, 0.717) is 12.1 Å². The Kier molecular flexibility index (Phi) is 4.52. The summed E-state index contributed by atoms with van der Waals surface area (Å²) in [5.41, 5.74) is 0.473. The number of amides is 4. The minimum atomic E-state index is -1.15. The van der Waals surface area contributed by atoms with Gasteiger partial charge < -0.3 is 10.6 Å². The molecule has 128 valence electrons. The van der Waals surface area contributed by atoms with E-state index in [0.717, 1.165) is 10.5 Å². The molecule has 3 rings (SSSR count). The molecule has 0 aromatic heterocycles. The molecular formula is C19H19N3O3. The summed E-state index contributed by atoms with van der Waals surface area (Å²) >= 11 is 0. The summed E-state index contributed by atoms with van der Waals surface area (Å²) < 4.78 is 0. The molecule has 1 saturated heterocycles. The second-order valence-electron chi connectivity index (χ2n) is 6.07. The summed E-state index contributed by atoms with van der Waals surface area (Å²) in [5, 5.41) is 5.40. The van der Waals surface area contributed by atoms with Gasteiger partial charge in [0.2, 0.25) is 5.91 Å². The Hall–Kier alpha value is -3.15. The summed E-state index contributed by atoms with van der Waals surface area (Å²) in [6.07, 6.45) is 0. The number of benzene rings is 2. The number of hydrogen-bond acceptors (Lipinski definition) is 3. The first kappa shape index (κ1) is 16.7. The van der Waals surface area contributed by atoms with Crippen molar-refractivity contribution in [1.29, 1.82) is 0 Å². The van der Waals surface area contributed by atoms with E-state index in [-0.39, 0.29) is 12.5 Å². The minimum absolute atomic E-state index is 0.306. The van der Waals surface area contributed by atoms with Crippen LogP contribution < -0.4 is 10.6 Å². The van der Waals surface area contributed by atoms with Gasteiger partial charge in [-0.3, -0.25) is 14.5 Å². The molecule has 1 fully saturated rings. The maximum absolute atomic E-state index is 12.7. The monoisotopic (exact) mass is 337 g/mol. The molecule has 0 spiro atoms. The van der Waals surface area contributed by atoms with Gasteiger partial charge in [0.1, 0.15) is 12.1 Å². The molecule has 25 heavy (non-hydrogen) atoms. The standard InChI is InChI=1S/C19H19N3O3/c1-19(15-10-6-3-7-11-15)17(24)22(18(25)21-19)13-16(23)20-12-14-8-4-2-5-9-14/h2-11H,12-13H2,1H3,(H,20,23)(H,21,25)/t19-/m1/s1. The highest BCUT2D eigenvalue weighted by Gasteiger charge is 2.49. The van der Waals surface area contributed by atoms with Crippen LogP contribution >= 0.6 is 0 Å². The van der Waals surface area contributed by atoms with Gasteiger partial charge in [-0.05, 0) is 18.1 Å². The van der Waals surface area contributed by atoms with Crippen molar-refractivity contribution in [2.45, 2.75) is 19.0 Å². The van der Waals surface area contributed by atoms with Crippen LogP contribution in [0.3, 0.4) is 0 Å². The van der Waals surface area contributed by atoms with Gasteiger partial charge in [-0.25, -0.2) is 4.79 Å². The molecule has 2 aromatic carbocycles. The summed E-state index contributed by atoms with van der Waals surface area (Å²) in [4.78, 5) is 38.0. The zero-order chi connectivity index (χ0) is 17.9. The van der Waals surface area contributed by atoms with Crippen molar-refractivity contribution in [3.63, 3.8) is 0 Å². The maximum Gasteiger partial charge on any atom is 0.325 e. The third kappa shape index (κ3) is 3.38. The van der Waals surface area contributed by atoms with Crippen LogP contribution in [-0.2, 0) is 21.7 Å².